The molecule has 0 radical (unpaired) electrons. The maximum absolute atomic E-state index is 14.0. The molecule has 4 nitrogen and oxygen atoms in total. The van der Waals surface area contributed by atoms with Crippen LogP contribution in [-0.2, 0) is 6.54 Å². The van der Waals surface area contributed by atoms with Crippen LogP contribution in [0.4, 0.5) is 13.2 Å². The molecule has 2 aliphatic heterocycles. The zero-order valence-electron chi connectivity index (χ0n) is 16.5. The first-order chi connectivity index (χ1) is 14.4. The molecule has 7 heteroatoms. The topological polar surface area (TPSA) is 47.3 Å². The van der Waals surface area contributed by atoms with Gasteiger partial charge in [-0.25, -0.2) is 13.2 Å². The van der Waals surface area contributed by atoms with E-state index >= 15 is 0 Å². The molecule has 1 amide bonds. The summed E-state index contributed by atoms with van der Waals surface area (Å²) in [5.41, 5.74) is 1.19. The highest BCUT2D eigenvalue weighted by Crippen LogP contribution is 2.40. The molecule has 0 aromatic heterocycles. The number of likely N-dealkylation sites (tertiary alicyclic amines) is 2. The van der Waals surface area contributed by atoms with Gasteiger partial charge in [0.05, 0.1) is 17.2 Å². The molecule has 156 valence electrons. The van der Waals surface area contributed by atoms with Crippen LogP contribution in [-0.4, -0.2) is 41.9 Å². The van der Waals surface area contributed by atoms with Crippen molar-refractivity contribution in [3.63, 3.8) is 0 Å². The second-order valence-electron chi connectivity index (χ2n) is 8.35. The van der Waals surface area contributed by atoms with Crippen molar-refractivity contribution in [2.45, 2.75) is 25.8 Å². The number of rotatable bonds is 3. The molecular weight excluding hydrogens is 391 g/mol. The van der Waals surface area contributed by atoms with E-state index in [1.54, 1.807) is 11.0 Å². The molecule has 2 heterocycles. The number of hydrogen-bond acceptors (Lipinski definition) is 3. The van der Waals surface area contributed by atoms with Crippen molar-refractivity contribution in [3.8, 4) is 6.07 Å². The van der Waals surface area contributed by atoms with Crippen LogP contribution in [0.1, 0.15) is 40.7 Å². The second-order valence-corrected chi connectivity index (χ2v) is 8.35. The van der Waals surface area contributed by atoms with Crippen LogP contribution in [0.5, 0.6) is 0 Å². The lowest BCUT2D eigenvalue weighted by Crippen LogP contribution is -2.45. The fourth-order valence-corrected chi connectivity index (χ4v) is 4.74. The molecule has 2 aromatic rings. The van der Waals surface area contributed by atoms with Crippen LogP contribution in [0.3, 0.4) is 0 Å². The van der Waals surface area contributed by atoms with Crippen molar-refractivity contribution in [1.29, 1.82) is 5.26 Å². The fraction of sp³-hybridized carbons (Fsp3) is 0.391. The summed E-state index contributed by atoms with van der Waals surface area (Å²) in [4.78, 5) is 16.6. The van der Waals surface area contributed by atoms with Gasteiger partial charge in [-0.05, 0) is 49.6 Å². The SMILES string of the molecule is N#Cc1cccc(CN2CCCC3(CCN(C(=O)c4cc(F)c(F)cc4F)C3)C2)c1. The Kier molecular flexibility index (Phi) is 5.52. The zero-order valence-corrected chi connectivity index (χ0v) is 16.5. The molecule has 2 aliphatic rings. The van der Waals surface area contributed by atoms with Gasteiger partial charge in [0.25, 0.3) is 5.91 Å². The van der Waals surface area contributed by atoms with Gasteiger partial charge in [-0.1, -0.05) is 12.1 Å². The predicted molar refractivity (Wildman–Crippen MR) is 105 cm³/mol. The zero-order chi connectivity index (χ0) is 21.3. The van der Waals surface area contributed by atoms with Crippen molar-refractivity contribution in [1.82, 2.24) is 9.80 Å². The second kappa shape index (κ2) is 8.11. The number of carbonyl (C=O) groups is 1. The van der Waals surface area contributed by atoms with Crippen LogP contribution >= 0.6 is 0 Å². The molecular formula is C23H22F3N3O. The number of nitriles is 1. The minimum Gasteiger partial charge on any atom is -0.338 e. The van der Waals surface area contributed by atoms with E-state index in [4.69, 9.17) is 5.26 Å². The summed E-state index contributed by atoms with van der Waals surface area (Å²) in [6.45, 7) is 3.40. The maximum atomic E-state index is 14.0. The average Bonchev–Trinajstić information content (AvgIpc) is 3.13. The first-order valence-electron chi connectivity index (χ1n) is 10.0. The Morgan fingerprint density at radius 1 is 1.03 bits per heavy atom. The predicted octanol–water partition coefficient (Wildman–Crippen LogP) is 4.10. The number of hydrogen-bond donors (Lipinski definition) is 0. The van der Waals surface area contributed by atoms with E-state index in [-0.39, 0.29) is 5.41 Å². The highest BCUT2D eigenvalue weighted by atomic mass is 19.2. The van der Waals surface area contributed by atoms with Gasteiger partial charge in [0.1, 0.15) is 5.82 Å². The third-order valence-corrected chi connectivity index (χ3v) is 6.17. The summed E-state index contributed by atoms with van der Waals surface area (Å²) < 4.78 is 40.8. The van der Waals surface area contributed by atoms with Crippen LogP contribution in [0.15, 0.2) is 36.4 Å². The molecule has 0 aliphatic carbocycles. The first-order valence-corrected chi connectivity index (χ1v) is 10.0. The molecule has 0 N–H and O–H groups in total. The van der Waals surface area contributed by atoms with Gasteiger partial charge < -0.3 is 4.90 Å². The molecule has 1 unspecified atom stereocenters. The molecule has 1 spiro atoms. The lowest BCUT2D eigenvalue weighted by Gasteiger charge is -2.40. The maximum Gasteiger partial charge on any atom is 0.256 e. The van der Waals surface area contributed by atoms with E-state index in [0.29, 0.717) is 30.8 Å². The number of halogens is 3. The van der Waals surface area contributed by atoms with Gasteiger partial charge in [-0.2, -0.15) is 5.26 Å². The fourth-order valence-electron chi connectivity index (χ4n) is 4.74. The van der Waals surface area contributed by atoms with E-state index in [1.165, 1.54) is 0 Å². The van der Waals surface area contributed by atoms with E-state index < -0.39 is 28.9 Å². The van der Waals surface area contributed by atoms with Crippen molar-refractivity contribution >= 4 is 5.91 Å². The number of amides is 1. The Morgan fingerprint density at radius 3 is 2.63 bits per heavy atom. The third-order valence-electron chi connectivity index (χ3n) is 6.17. The molecule has 2 aromatic carbocycles. The molecule has 2 fully saturated rings. The van der Waals surface area contributed by atoms with Crippen molar-refractivity contribution in [2.24, 2.45) is 5.41 Å². The Labute approximate surface area is 173 Å². The largest absolute Gasteiger partial charge is 0.338 e. The van der Waals surface area contributed by atoms with Crippen molar-refractivity contribution < 1.29 is 18.0 Å². The summed E-state index contributed by atoms with van der Waals surface area (Å²) >= 11 is 0. The van der Waals surface area contributed by atoms with Crippen LogP contribution in [0, 0.1) is 34.2 Å². The summed E-state index contributed by atoms with van der Waals surface area (Å²) in [5, 5.41) is 9.09. The van der Waals surface area contributed by atoms with E-state index in [9.17, 15) is 18.0 Å². The molecule has 0 saturated carbocycles. The lowest BCUT2D eigenvalue weighted by molar-refractivity contribution is 0.0671. The highest BCUT2D eigenvalue weighted by Gasteiger charge is 2.43. The molecule has 4 rings (SSSR count). The van der Waals surface area contributed by atoms with Gasteiger partial charge in [0.15, 0.2) is 11.6 Å². The number of carbonyl (C=O) groups excluding carboxylic acids is 1. The van der Waals surface area contributed by atoms with E-state index in [2.05, 4.69) is 11.0 Å². The standard InChI is InChI=1S/C23H22F3N3O/c24-19-11-21(26)20(25)10-18(19)22(30)29-8-6-23(15-29)5-2-7-28(14-23)13-17-4-1-3-16(9-17)12-27/h1,3-4,9-11H,2,5-8,13-15H2. The minimum absolute atomic E-state index is 0.0875. The van der Waals surface area contributed by atoms with Crippen molar-refractivity contribution in [2.75, 3.05) is 26.2 Å². The molecule has 30 heavy (non-hydrogen) atoms. The van der Waals surface area contributed by atoms with E-state index in [0.717, 1.165) is 44.5 Å². The van der Waals surface area contributed by atoms with Crippen LogP contribution in [0.2, 0.25) is 0 Å². The number of benzene rings is 2. The molecule has 1 atom stereocenters. The van der Waals surface area contributed by atoms with Gasteiger partial charge >= 0.3 is 0 Å². The highest BCUT2D eigenvalue weighted by molar-refractivity contribution is 5.94. The normalized spacial score (nSPS) is 21.7. The Balaban J connectivity index is 1.45. The number of piperidine rings is 1. The third kappa shape index (κ3) is 4.05. The molecule has 0 bridgehead atoms. The summed E-state index contributed by atoms with van der Waals surface area (Å²) in [6.07, 6.45) is 2.74. The summed E-state index contributed by atoms with van der Waals surface area (Å²) in [7, 11) is 0. The minimum atomic E-state index is -1.30. The van der Waals surface area contributed by atoms with E-state index in [1.807, 2.05) is 18.2 Å². The Bertz CT molecular complexity index is 1020. The van der Waals surface area contributed by atoms with Crippen LogP contribution in [0.25, 0.3) is 0 Å². The molecule has 2 saturated heterocycles. The summed E-state index contributed by atoms with van der Waals surface area (Å²) in [5.74, 6) is -4.16. The van der Waals surface area contributed by atoms with Crippen LogP contribution < -0.4 is 0 Å². The van der Waals surface area contributed by atoms with Gasteiger partial charge in [0.2, 0.25) is 0 Å². The Hall–Kier alpha value is -2.85. The van der Waals surface area contributed by atoms with Gasteiger partial charge in [-0.15, -0.1) is 0 Å². The lowest BCUT2D eigenvalue weighted by atomic mass is 9.79. The quantitative estimate of drug-likeness (QED) is 0.712. The average molecular weight is 413 g/mol. The van der Waals surface area contributed by atoms with Gasteiger partial charge in [-0.3, -0.25) is 9.69 Å². The number of nitrogens with zero attached hydrogens (tertiary/aromatic N) is 3. The summed E-state index contributed by atoms with van der Waals surface area (Å²) in [6, 6.07) is 10.8. The van der Waals surface area contributed by atoms with Crippen molar-refractivity contribution in [3.05, 3.63) is 70.5 Å². The Morgan fingerprint density at radius 2 is 1.83 bits per heavy atom. The first kappa shape index (κ1) is 20.4. The van der Waals surface area contributed by atoms with Gasteiger partial charge in [0, 0.05) is 37.7 Å². The smallest absolute Gasteiger partial charge is 0.256 e. The monoisotopic (exact) mass is 413 g/mol.